The summed E-state index contributed by atoms with van der Waals surface area (Å²) in [4.78, 5) is 0. The number of hydrogen-bond donors (Lipinski definition) is 3. The number of benzene rings is 2. The molecule has 0 aliphatic carbocycles. The van der Waals surface area contributed by atoms with Gasteiger partial charge in [-0.1, -0.05) is 35.0 Å². The Morgan fingerprint density at radius 1 is 1.20 bits per heavy atom. The van der Waals surface area contributed by atoms with Gasteiger partial charge in [0, 0.05) is 5.56 Å². The standard InChI is InChI=1S/C15H16N2O3/c1-10-6-7-14(12(8-10)15(16)17-19)20-13-5-3-2-4-11(13)9-18/h2-8,18-19H,9H2,1H3,(H2,16,17). The summed E-state index contributed by atoms with van der Waals surface area (Å²) >= 11 is 0. The van der Waals surface area contributed by atoms with Gasteiger partial charge in [-0.2, -0.15) is 0 Å². The summed E-state index contributed by atoms with van der Waals surface area (Å²) in [5, 5.41) is 21.1. The van der Waals surface area contributed by atoms with Crippen LogP contribution >= 0.6 is 0 Å². The molecule has 0 aromatic heterocycles. The Morgan fingerprint density at radius 3 is 2.65 bits per heavy atom. The molecular weight excluding hydrogens is 256 g/mol. The van der Waals surface area contributed by atoms with E-state index >= 15 is 0 Å². The molecule has 0 radical (unpaired) electrons. The van der Waals surface area contributed by atoms with E-state index in [1.54, 1.807) is 24.3 Å². The fraction of sp³-hybridized carbons (Fsp3) is 0.133. The summed E-state index contributed by atoms with van der Waals surface area (Å²) in [6.45, 7) is 1.78. The molecule has 5 nitrogen and oxygen atoms in total. The van der Waals surface area contributed by atoms with Crippen LogP contribution in [0.4, 0.5) is 0 Å². The van der Waals surface area contributed by atoms with Crippen molar-refractivity contribution in [3.05, 3.63) is 59.2 Å². The molecule has 0 bridgehead atoms. The second kappa shape index (κ2) is 6.08. The Bertz CT molecular complexity index is 639. The van der Waals surface area contributed by atoms with Crippen molar-refractivity contribution in [3.63, 3.8) is 0 Å². The van der Waals surface area contributed by atoms with Gasteiger partial charge in [-0.3, -0.25) is 0 Å². The summed E-state index contributed by atoms with van der Waals surface area (Å²) in [7, 11) is 0. The van der Waals surface area contributed by atoms with Crippen LogP contribution in [0.2, 0.25) is 0 Å². The van der Waals surface area contributed by atoms with E-state index in [4.69, 9.17) is 15.7 Å². The predicted octanol–water partition coefficient (Wildman–Crippen LogP) is 2.37. The van der Waals surface area contributed by atoms with Crippen molar-refractivity contribution in [2.45, 2.75) is 13.5 Å². The van der Waals surface area contributed by atoms with Crippen molar-refractivity contribution in [1.29, 1.82) is 0 Å². The molecular formula is C15H16N2O3. The molecule has 0 saturated carbocycles. The number of hydrogen-bond acceptors (Lipinski definition) is 4. The SMILES string of the molecule is Cc1ccc(Oc2ccccc2CO)c(/C(N)=N/O)c1. The van der Waals surface area contributed by atoms with Gasteiger partial charge in [0.15, 0.2) is 5.84 Å². The van der Waals surface area contributed by atoms with Crippen molar-refractivity contribution in [3.8, 4) is 11.5 Å². The van der Waals surface area contributed by atoms with E-state index in [9.17, 15) is 5.11 Å². The molecule has 5 heteroatoms. The Kier molecular flexibility index (Phi) is 4.22. The molecule has 0 fully saturated rings. The minimum Gasteiger partial charge on any atom is -0.456 e. The van der Waals surface area contributed by atoms with E-state index in [2.05, 4.69) is 5.16 Å². The Labute approximate surface area is 116 Å². The molecule has 0 amide bonds. The second-order valence-electron chi connectivity index (χ2n) is 4.35. The van der Waals surface area contributed by atoms with Crippen LogP contribution in [-0.2, 0) is 6.61 Å². The molecule has 2 rings (SSSR count). The number of amidine groups is 1. The van der Waals surface area contributed by atoms with Crippen molar-refractivity contribution >= 4 is 5.84 Å². The van der Waals surface area contributed by atoms with Gasteiger partial charge in [0.25, 0.3) is 0 Å². The van der Waals surface area contributed by atoms with Crippen LogP contribution in [0, 0.1) is 6.92 Å². The van der Waals surface area contributed by atoms with Gasteiger partial charge in [0.1, 0.15) is 11.5 Å². The van der Waals surface area contributed by atoms with Crippen molar-refractivity contribution in [1.82, 2.24) is 0 Å². The van der Waals surface area contributed by atoms with E-state index in [-0.39, 0.29) is 12.4 Å². The number of oxime groups is 1. The smallest absolute Gasteiger partial charge is 0.173 e. The van der Waals surface area contributed by atoms with Crippen molar-refractivity contribution in [2.24, 2.45) is 10.9 Å². The monoisotopic (exact) mass is 272 g/mol. The molecule has 0 aliphatic rings. The van der Waals surface area contributed by atoms with Gasteiger partial charge in [-0.15, -0.1) is 0 Å². The van der Waals surface area contributed by atoms with Crippen LogP contribution in [-0.4, -0.2) is 16.1 Å². The van der Waals surface area contributed by atoms with Crippen molar-refractivity contribution in [2.75, 3.05) is 0 Å². The molecule has 4 N–H and O–H groups in total. The lowest BCUT2D eigenvalue weighted by Gasteiger charge is -2.13. The number of ether oxygens (including phenoxy) is 1. The quantitative estimate of drug-likeness (QED) is 0.345. The molecule has 0 atom stereocenters. The van der Waals surface area contributed by atoms with Gasteiger partial charge < -0.3 is 20.8 Å². The fourth-order valence-electron chi connectivity index (χ4n) is 1.84. The zero-order chi connectivity index (χ0) is 14.5. The molecule has 0 heterocycles. The van der Waals surface area contributed by atoms with E-state index in [1.807, 2.05) is 25.1 Å². The van der Waals surface area contributed by atoms with Crippen LogP contribution in [0.5, 0.6) is 11.5 Å². The maximum atomic E-state index is 9.30. The number of rotatable bonds is 4. The van der Waals surface area contributed by atoms with Gasteiger partial charge in [0.2, 0.25) is 0 Å². The lowest BCUT2D eigenvalue weighted by Crippen LogP contribution is -2.14. The molecule has 2 aromatic carbocycles. The largest absolute Gasteiger partial charge is 0.456 e. The third-order valence-corrected chi connectivity index (χ3v) is 2.88. The van der Waals surface area contributed by atoms with Gasteiger partial charge >= 0.3 is 0 Å². The lowest BCUT2D eigenvalue weighted by molar-refractivity contribution is 0.276. The first kappa shape index (κ1) is 13.9. The first-order valence-corrected chi connectivity index (χ1v) is 6.11. The Morgan fingerprint density at radius 2 is 1.95 bits per heavy atom. The molecule has 104 valence electrons. The van der Waals surface area contributed by atoms with Crippen LogP contribution in [0.25, 0.3) is 0 Å². The highest BCUT2D eigenvalue weighted by atomic mass is 16.5. The molecule has 0 aliphatic heterocycles. The van der Waals surface area contributed by atoms with E-state index in [0.29, 0.717) is 22.6 Å². The average molecular weight is 272 g/mol. The number of aliphatic hydroxyl groups excluding tert-OH is 1. The zero-order valence-electron chi connectivity index (χ0n) is 11.1. The van der Waals surface area contributed by atoms with Gasteiger partial charge in [-0.05, 0) is 25.1 Å². The summed E-state index contributed by atoms with van der Waals surface area (Å²) in [5.41, 5.74) is 7.79. The highest BCUT2D eigenvalue weighted by Crippen LogP contribution is 2.28. The normalized spacial score (nSPS) is 11.4. The molecule has 0 saturated heterocycles. The van der Waals surface area contributed by atoms with Gasteiger partial charge in [0.05, 0.1) is 12.2 Å². The maximum absolute atomic E-state index is 9.30. The number of aliphatic hydroxyl groups is 1. The average Bonchev–Trinajstić information content (AvgIpc) is 2.48. The van der Waals surface area contributed by atoms with Crippen LogP contribution in [0.15, 0.2) is 47.6 Å². The predicted molar refractivity (Wildman–Crippen MR) is 76.1 cm³/mol. The number of nitrogens with zero attached hydrogens (tertiary/aromatic N) is 1. The minimum atomic E-state index is -0.124. The number of para-hydroxylation sites is 1. The van der Waals surface area contributed by atoms with E-state index in [1.165, 1.54) is 0 Å². The molecule has 0 unspecified atom stereocenters. The maximum Gasteiger partial charge on any atom is 0.173 e. The summed E-state index contributed by atoms with van der Waals surface area (Å²) < 4.78 is 5.78. The molecule has 0 spiro atoms. The topological polar surface area (TPSA) is 88.1 Å². The Hall–Kier alpha value is -2.53. The third kappa shape index (κ3) is 2.89. The summed E-state index contributed by atoms with van der Waals surface area (Å²) in [6, 6.07) is 12.5. The van der Waals surface area contributed by atoms with Crippen LogP contribution in [0.3, 0.4) is 0 Å². The highest BCUT2D eigenvalue weighted by molar-refractivity contribution is 5.99. The van der Waals surface area contributed by atoms with Crippen LogP contribution < -0.4 is 10.5 Å². The third-order valence-electron chi connectivity index (χ3n) is 2.88. The second-order valence-corrected chi connectivity index (χ2v) is 4.35. The van der Waals surface area contributed by atoms with E-state index < -0.39 is 0 Å². The van der Waals surface area contributed by atoms with Crippen LogP contribution in [0.1, 0.15) is 16.7 Å². The first-order chi connectivity index (χ1) is 9.65. The fourth-order valence-corrected chi connectivity index (χ4v) is 1.84. The van der Waals surface area contributed by atoms with E-state index in [0.717, 1.165) is 5.56 Å². The number of nitrogens with two attached hydrogens (primary N) is 1. The Balaban J connectivity index is 2.43. The number of aryl methyl sites for hydroxylation is 1. The van der Waals surface area contributed by atoms with Crippen molar-refractivity contribution < 1.29 is 15.1 Å². The molecule has 2 aromatic rings. The highest BCUT2D eigenvalue weighted by Gasteiger charge is 2.11. The minimum absolute atomic E-state index is 0.0230. The summed E-state index contributed by atoms with van der Waals surface area (Å²) in [6.07, 6.45) is 0. The zero-order valence-corrected chi connectivity index (χ0v) is 11.1. The lowest BCUT2D eigenvalue weighted by atomic mass is 10.1. The first-order valence-electron chi connectivity index (χ1n) is 6.11. The molecule has 20 heavy (non-hydrogen) atoms. The summed E-state index contributed by atoms with van der Waals surface area (Å²) in [5.74, 6) is 0.975. The van der Waals surface area contributed by atoms with Gasteiger partial charge in [-0.25, -0.2) is 0 Å².